The first-order chi connectivity index (χ1) is 11.6. The van der Waals surface area contributed by atoms with Crippen LogP contribution < -0.4 is 14.8 Å². The van der Waals surface area contributed by atoms with Crippen LogP contribution in [0.4, 0.5) is 5.13 Å². The lowest BCUT2D eigenvalue weighted by Gasteiger charge is -2.08. The second-order valence-corrected chi connectivity index (χ2v) is 8.02. The second kappa shape index (κ2) is 7.33. The minimum atomic E-state index is -0.263. The summed E-state index contributed by atoms with van der Waals surface area (Å²) in [6.07, 6.45) is 0. The molecule has 0 radical (unpaired) electrons. The average Bonchev–Trinajstić information content (AvgIpc) is 3.23. The van der Waals surface area contributed by atoms with E-state index in [4.69, 9.17) is 9.47 Å². The number of hydrogen-bond acceptors (Lipinski definition) is 6. The van der Waals surface area contributed by atoms with Crippen LogP contribution in [0.1, 0.15) is 10.4 Å². The highest BCUT2D eigenvalue weighted by Crippen LogP contribution is 2.33. The molecule has 24 heavy (non-hydrogen) atoms. The van der Waals surface area contributed by atoms with Crippen molar-refractivity contribution in [3.05, 3.63) is 45.1 Å². The summed E-state index contributed by atoms with van der Waals surface area (Å²) in [5.41, 5.74) is 1.29. The minimum Gasteiger partial charge on any atom is -0.497 e. The van der Waals surface area contributed by atoms with E-state index in [1.54, 1.807) is 43.8 Å². The lowest BCUT2D eigenvalue weighted by atomic mass is 10.2. The predicted octanol–water partition coefficient (Wildman–Crippen LogP) is 4.90. The summed E-state index contributed by atoms with van der Waals surface area (Å²) >= 11 is 6.41. The minimum absolute atomic E-state index is 0.263. The van der Waals surface area contributed by atoms with Gasteiger partial charge in [0.2, 0.25) is 0 Å². The molecule has 2 aromatic heterocycles. The highest BCUT2D eigenvalue weighted by molar-refractivity contribution is 9.11. The van der Waals surface area contributed by atoms with Crippen molar-refractivity contribution in [1.29, 1.82) is 0 Å². The van der Waals surface area contributed by atoms with Gasteiger partial charge in [0.15, 0.2) is 5.13 Å². The van der Waals surface area contributed by atoms with E-state index in [9.17, 15) is 4.79 Å². The number of carbonyl (C=O) groups is 1. The zero-order valence-electron chi connectivity index (χ0n) is 12.8. The molecule has 1 amide bonds. The normalized spacial score (nSPS) is 10.5. The summed E-state index contributed by atoms with van der Waals surface area (Å²) in [4.78, 5) is 17.9. The first-order valence-corrected chi connectivity index (χ1v) is 9.33. The van der Waals surface area contributed by atoms with Gasteiger partial charge in [-0.15, -0.1) is 22.7 Å². The van der Waals surface area contributed by atoms with Crippen LogP contribution >= 0.6 is 38.6 Å². The van der Waals surface area contributed by atoms with Crippen LogP contribution in [0.15, 0.2) is 39.5 Å². The molecule has 0 aliphatic heterocycles. The van der Waals surface area contributed by atoms with Gasteiger partial charge < -0.3 is 9.47 Å². The molecule has 8 heteroatoms. The first-order valence-electron chi connectivity index (χ1n) is 6.84. The number of hydrogen-bond donors (Lipinski definition) is 1. The van der Waals surface area contributed by atoms with Crippen LogP contribution in [0.25, 0.3) is 10.6 Å². The van der Waals surface area contributed by atoms with Crippen molar-refractivity contribution >= 4 is 49.6 Å². The van der Waals surface area contributed by atoms with Crippen LogP contribution in [0, 0.1) is 0 Å². The van der Waals surface area contributed by atoms with Gasteiger partial charge in [-0.05, 0) is 40.2 Å². The SMILES string of the molecule is COc1cc(OC)cc(C(=O)Nc2nc(-c3ccc(Br)s3)cs2)c1. The van der Waals surface area contributed by atoms with Crippen molar-refractivity contribution in [2.24, 2.45) is 0 Å². The molecule has 0 aliphatic rings. The maximum atomic E-state index is 12.4. The van der Waals surface area contributed by atoms with Crippen LogP contribution in [-0.4, -0.2) is 25.1 Å². The highest BCUT2D eigenvalue weighted by Gasteiger charge is 2.13. The van der Waals surface area contributed by atoms with Crippen molar-refractivity contribution in [3.8, 4) is 22.1 Å². The smallest absolute Gasteiger partial charge is 0.257 e. The first kappa shape index (κ1) is 16.9. The van der Waals surface area contributed by atoms with Crippen LogP contribution in [-0.2, 0) is 0 Å². The molecule has 0 aliphatic carbocycles. The number of nitrogens with zero attached hydrogens (tertiary/aromatic N) is 1. The van der Waals surface area contributed by atoms with Gasteiger partial charge in [0.1, 0.15) is 11.5 Å². The number of methoxy groups -OCH3 is 2. The van der Waals surface area contributed by atoms with Gasteiger partial charge in [-0.3, -0.25) is 10.1 Å². The third kappa shape index (κ3) is 3.77. The maximum absolute atomic E-state index is 12.4. The Balaban J connectivity index is 1.79. The Hall–Kier alpha value is -1.90. The zero-order valence-corrected chi connectivity index (χ0v) is 16.0. The molecule has 124 valence electrons. The largest absolute Gasteiger partial charge is 0.497 e. The van der Waals surface area contributed by atoms with E-state index in [2.05, 4.69) is 26.2 Å². The summed E-state index contributed by atoms with van der Waals surface area (Å²) in [6, 6.07) is 8.99. The third-order valence-electron chi connectivity index (χ3n) is 3.16. The lowest BCUT2D eigenvalue weighted by Crippen LogP contribution is -2.12. The fourth-order valence-corrected chi connectivity index (χ4v) is 4.13. The number of benzene rings is 1. The molecule has 0 bridgehead atoms. The Kier molecular flexibility index (Phi) is 5.17. The number of anilines is 1. The Morgan fingerprint density at radius 2 is 1.88 bits per heavy atom. The summed E-state index contributed by atoms with van der Waals surface area (Å²) < 4.78 is 11.4. The van der Waals surface area contributed by atoms with Crippen LogP contribution in [0.2, 0.25) is 0 Å². The molecule has 5 nitrogen and oxygen atoms in total. The Labute approximate surface area is 155 Å². The van der Waals surface area contributed by atoms with Gasteiger partial charge in [-0.25, -0.2) is 4.98 Å². The number of halogens is 1. The molecule has 1 N–H and O–H groups in total. The van der Waals surface area contributed by atoms with E-state index in [0.717, 1.165) is 14.4 Å². The number of rotatable bonds is 5. The number of thiazole rings is 1. The van der Waals surface area contributed by atoms with Gasteiger partial charge in [-0.2, -0.15) is 0 Å². The molecular formula is C16H13BrN2O3S2. The average molecular weight is 425 g/mol. The summed E-state index contributed by atoms with van der Waals surface area (Å²) in [5, 5.41) is 5.27. The van der Waals surface area contributed by atoms with Gasteiger partial charge in [-0.1, -0.05) is 0 Å². The number of ether oxygens (including phenoxy) is 2. The fourth-order valence-electron chi connectivity index (χ4n) is 2.00. The summed E-state index contributed by atoms with van der Waals surface area (Å²) in [5.74, 6) is 0.853. The Bertz CT molecular complexity index is 854. The van der Waals surface area contributed by atoms with Crippen molar-refractivity contribution in [3.63, 3.8) is 0 Å². The van der Waals surface area contributed by atoms with Gasteiger partial charge in [0, 0.05) is 17.0 Å². The zero-order chi connectivity index (χ0) is 17.1. The molecule has 1 aromatic carbocycles. The number of aromatic nitrogens is 1. The fraction of sp³-hybridized carbons (Fsp3) is 0.125. The molecule has 3 aromatic rings. The molecule has 0 atom stereocenters. The van der Waals surface area contributed by atoms with E-state index in [0.29, 0.717) is 22.2 Å². The highest BCUT2D eigenvalue weighted by atomic mass is 79.9. The number of nitrogens with one attached hydrogen (secondary N) is 1. The van der Waals surface area contributed by atoms with Gasteiger partial charge in [0.05, 0.1) is 28.6 Å². The van der Waals surface area contributed by atoms with Crippen LogP contribution in [0.5, 0.6) is 11.5 Å². The molecule has 0 saturated heterocycles. The number of thiophene rings is 1. The van der Waals surface area contributed by atoms with Gasteiger partial charge >= 0.3 is 0 Å². The second-order valence-electron chi connectivity index (χ2n) is 4.70. The Morgan fingerprint density at radius 1 is 1.17 bits per heavy atom. The monoisotopic (exact) mass is 424 g/mol. The molecule has 2 heterocycles. The van der Waals surface area contributed by atoms with E-state index in [1.807, 2.05) is 17.5 Å². The van der Waals surface area contributed by atoms with Crippen LogP contribution in [0.3, 0.4) is 0 Å². The molecular weight excluding hydrogens is 412 g/mol. The standard InChI is InChI=1S/C16H13BrN2O3S2/c1-21-10-5-9(6-11(7-10)22-2)15(20)19-16-18-12(8-23-16)13-3-4-14(17)24-13/h3-8H,1-2H3,(H,18,19,20). The topological polar surface area (TPSA) is 60.5 Å². The lowest BCUT2D eigenvalue weighted by molar-refractivity contribution is 0.102. The van der Waals surface area contributed by atoms with Crippen molar-refractivity contribution in [2.75, 3.05) is 19.5 Å². The van der Waals surface area contributed by atoms with E-state index < -0.39 is 0 Å². The Morgan fingerprint density at radius 3 is 2.46 bits per heavy atom. The maximum Gasteiger partial charge on any atom is 0.257 e. The van der Waals surface area contributed by atoms with E-state index in [1.165, 1.54) is 11.3 Å². The van der Waals surface area contributed by atoms with Gasteiger partial charge in [0.25, 0.3) is 5.91 Å². The molecule has 0 fully saturated rings. The molecule has 0 unspecified atom stereocenters. The van der Waals surface area contributed by atoms with E-state index >= 15 is 0 Å². The third-order valence-corrected chi connectivity index (χ3v) is 5.57. The number of amides is 1. The quantitative estimate of drug-likeness (QED) is 0.632. The van der Waals surface area contributed by atoms with E-state index in [-0.39, 0.29) is 5.91 Å². The predicted molar refractivity (Wildman–Crippen MR) is 101 cm³/mol. The summed E-state index contributed by atoms with van der Waals surface area (Å²) in [6.45, 7) is 0. The molecule has 0 spiro atoms. The molecule has 3 rings (SSSR count). The molecule has 0 saturated carbocycles. The van der Waals surface area contributed by atoms with Crippen molar-refractivity contribution in [1.82, 2.24) is 4.98 Å². The summed E-state index contributed by atoms with van der Waals surface area (Å²) in [7, 11) is 3.09. The number of carbonyl (C=O) groups excluding carboxylic acids is 1. The van der Waals surface area contributed by atoms with Crippen molar-refractivity contribution < 1.29 is 14.3 Å². The van der Waals surface area contributed by atoms with Crippen molar-refractivity contribution in [2.45, 2.75) is 0 Å².